The summed E-state index contributed by atoms with van der Waals surface area (Å²) in [6.45, 7) is 10.3. The molecule has 158 valence electrons. The summed E-state index contributed by atoms with van der Waals surface area (Å²) in [6.07, 6.45) is 1.53. The van der Waals surface area contributed by atoms with Crippen molar-refractivity contribution in [2.45, 2.75) is 45.4 Å². The van der Waals surface area contributed by atoms with Crippen LogP contribution >= 0.6 is 33.3 Å². The summed E-state index contributed by atoms with van der Waals surface area (Å²) in [4.78, 5) is 27.6. The predicted octanol–water partition coefficient (Wildman–Crippen LogP) is 4.87. The van der Waals surface area contributed by atoms with E-state index in [9.17, 15) is 9.59 Å². The van der Waals surface area contributed by atoms with Gasteiger partial charge in [-0.3, -0.25) is 9.59 Å². The Bertz CT molecular complexity index is 574. The second kappa shape index (κ2) is 15.1. The van der Waals surface area contributed by atoms with Crippen molar-refractivity contribution >= 4 is 45.2 Å². The average Bonchev–Trinajstić information content (AvgIpc) is 2.74. The largest absolute Gasteiger partial charge is 0.355 e. The molecule has 1 N–H and O–H groups in total. The first kappa shape index (κ1) is 25.2. The summed E-state index contributed by atoms with van der Waals surface area (Å²) in [6, 6.07) is 8.25. The standard InChI is InChI=1S/C19H28N2O2S3.C2H6/c1-3-25-26-13-10-20-19(23)16-8-11-21(12-9-16)18(22)14-24-17-6-4-15(2)5-7-17;1-2/h4-7,16H,3,8-14H2,1-2H3,(H,20,23);1-2H3. The van der Waals surface area contributed by atoms with Gasteiger partial charge in [0.05, 0.1) is 5.75 Å². The molecule has 0 spiro atoms. The molecule has 0 saturated carbocycles. The van der Waals surface area contributed by atoms with Crippen LogP contribution in [0.2, 0.25) is 0 Å². The fourth-order valence-corrected chi connectivity index (χ4v) is 5.14. The third-order valence-electron chi connectivity index (χ3n) is 4.29. The van der Waals surface area contributed by atoms with Gasteiger partial charge in [-0.05, 0) is 31.9 Å². The Labute approximate surface area is 182 Å². The summed E-state index contributed by atoms with van der Waals surface area (Å²) in [7, 11) is 3.62. The number of piperidine rings is 1. The number of thioether (sulfide) groups is 1. The highest BCUT2D eigenvalue weighted by Gasteiger charge is 2.26. The number of likely N-dealkylation sites (tertiary alicyclic amines) is 1. The first-order valence-electron chi connectivity index (χ1n) is 10.1. The van der Waals surface area contributed by atoms with E-state index in [1.165, 1.54) is 5.56 Å². The van der Waals surface area contributed by atoms with Crippen molar-refractivity contribution in [1.82, 2.24) is 10.2 Å². The number of hydrogen-bond donors (Lipinski definition) is 1. The van der Waals surface area contributed by atoms with Crippen molar-refractivity contribution in [2.75, 3.05) is 36.9 Å². The highest BCUT2D eigenvalue weighted by molar-refractivity contribution is 8.76. The monoisotopic (exact) mass is 442 g/mol. The van der Waals surface area contributed by atoms with Crippen LogP contribution in [0.4, 0.5) is 0 Å². The highest BCUT2D eigenvalue weighted by Crippen LogP contribution is 2.22. The number of carbonyl (C=O) groups is 2. The van der Waals surface area contributed by atoms with Crippen LogP contribution in [-0.2, 0) is 9.59 Å². The Morgan fingerprint density at radius 1 is 1.11 bits per heavy atom. The molecule has 1 aliphatic heterocycles. The zero-order chi connectivity index (χ0) is 20.8. The van der Waals surface area contributed by atoms with Gasteiger partial charge in [-0.1, -0.05) is 60.1 Å². The predicted molar refractivity (Wildman–Crippen MR) is 126 cm³/mol. The number of nitrogens with zero attached hydrogens (tertiary/aromatic N) is 1. The second-order valence-electron chi connectivity index (χ2n) is 6.28. The minimum absolute atomic E-state index is 0.0487. The normalized spacial score (nSPS) is 14.2. The third kappa shape index (κ3) is 9.61. The summed E-state index contributed by atoms with van der Waals surface area (Å²) in [5.41, 5.74) is 1.23. The smallest absolute Gasteiger partial charge is 0.232 e. The van der Waals surface area contributed by atoms with Crippen molar-refractivity contribution < 1.29 is 9.59 Å². The molecule has 0 bridgehead atoms. The minimum atomic E-state index is 0.0487. The minimum Gasteiger partial charge on any atom is -0.355 e. The Kier molecular flexibility index (Phi) is 13.6. The number of amides is 2. The molecule has 1 saturated heterocycles. The maximum Gasteiger partial charge on any atom is 0.232 e. The van der Waals surface area contributed by atoms with E-state index >= 15 is 0 Å². The summed E-state index contributed by atoms with van der Waals surface area (Å²) in [5, 5.41) is 3.03. The maximum atomic E-state index is 12.4. The Morgan fingerprint density at radius 3 is 2.36 bits per heavy atom. The number of benzene rings is 1. The molecule has 4 nitrogen and oxygen atoms in total. The lowest BCUT2D eigenvalue weighted by atomic mass is 9.96. The van der Waals surface area contributed by atoms with E-state index in [0.29, 0.717) is 18.8 Å². The average molecular weight is 443 g/mol. The lowest BCUT2D eigenvalue weighted by Crippen LogP contribution is -2.44. The van der Waals surface area contributed by atoms with E-state index in [0.717, 1.165) is 35.8 Å². The number of rotatable bonds is 9. The molecule has 1 aliphatic rings. The molecule has 2 amide bonds. The van der Waals surface area contributed by atoms with E-state index in [2.05, 4.69) is 43.4 Å². The number of nitrogens with one attached hydrogen (secondary N) is 1. The lowest BCUT2D eigenvalue weighted by molar-refractivity contribution is -0.133. The van der Waals surface area contributed by atoms with Crippen LogP contribution in [0.1, 0.15) is 39.2 Å². The first-order valence-corrected chi connectivity index (χ1v) is 13.6. The van der Waals surface area contributed by atoms with E-state index in [-0.39, 0.29) is 17.7 Å². The molecule has 1 fully saturated rings. The molecule has 0 aromatic heterocycles. The van der Waals surface area contributed by atoms with Crippen LogP contribution in [0.5, 0.6) is 0 Å². The molecule has 1 heterocycles. The fourth-order valence-electron chi connectivity index (χ4n) is 2.76. The van der Waals surface area contributed by atoms with Gasteiger partial charge in [0.2, 0.25) is 11.8 Å². The van der Waals surface area contributed by atoms with Gasteiger partial charge in [-0.25, -0.2) is 0 Å². The molecule has 7 heteroatoms. The van der Waals surface area contributed by atoms with Crippen molar-refractivity contribution in [2.24, 2.45) is 5.92 Å². The molecular formula is C21H34N2O2S3. The van der Waals surface area contributed by atoms with E-state index < -0.39 is 0 Å². The van der Waals surface area contributed by atoms with Gasteiger partial charge in [0.1, 0.15) is 0 Å². The van der Waals surface area contributed by atoms with Crippen molar-refractivity contribution in [3.05, 3.63) is 29.8 Å². The molecule has 0 unspecified atom stereocenters. The fraction of sp³-hybridized carbons (Fsp3) is 0.619. The molecule has 1 aromatic carbocycles. The van der Waals surface area contributed by atoms with Crippen LogP contribution in [0, 0.1) is 12.8 Å². The van der Waals surface area contributed by atoms with E-state index in [1.54, 1.807) is 22.6 Å². The quantitative estimate of drug-likeness (QED) is 0.336. The lowest BCUT2D eigenvalue weighted by Gasteiger charge is -2.31. The van der Waals surface area contributed by atoms with Crippen LogP contribution in [0.25, 0.3) is 0 Å². The van der Waals surface area contributed by atoms with Crippen LogP contribution in [0.3, 0.4) is 0 Å². The Morgan fingerprint density at radius 2 is 1.75 bits per heavy atom. The van der Waals surface area contributed by atoms with Crippen molar-refractivity contribution in [3.63, 3.8) is 0 Å². The van der Waals surface area contributed by atoms with Crippen LogP contribution in [-0.4, -0.2) is 53.6 Å². The van der Waals surface area contributed by atoms with Gasteiger partial charge in [0, 0.05) is 42.0 Å². The third-order valence-corrected chi connectivity index (χ3v) is 7.76. The Hall–Kier alpha value is -0.790. The highest BCUT2D eigenvalue weighted by atomic mass is 33.1. The first-order chi connectivity index (χ1) is 13.6. The van der Waals surface area contributed by atoms with Gasteiger partial charge in [0.25, 0.3) is 0 Å². The zero-order valence-corrected chi connectivity index (χ0v) is 20.0. The van der Waals surface area contributed by atoms with Crippen LogP contribution in [0.15, 0.2) is 29.2 Å². The zero-order valence-electron chi connectivity index (χ0n) is 17.5. The van der Waals surface area contributed by atoms with E-state index in [1.807, 2.05) is 29.5 Å². The molecule has 0 atom stereocenters. The van der Waals surface area contributed by atoms with Crippen molar-refractivity contribution in [1.29, 1.82) is 0 Å². The number of carbonyl (C=O) groups excluding carboxylic acids is 2. The molecule has 2 rings (SSSR count). The topological polar surface area (TPSA) is 49.4 Å². The van der Waals surface area contributed by atoms with Crippen LogP contribution < -0.4 is 5.32 Å². The van der Waals surface area contributed by atoms with Gasteiger partial charge >= 0.3 is 0 Å². The molecular weight excluding hydrogens is 408 g/mol. The maximum absolute atomic E-state index is 12.4. The summed E-state index contributed by atoms with van der Waals surface area (Å²) < 4.78 is 0. The van der Waals surface area contributed by atoms with Gasteiger partial charge in [-0.2, -0.15) is 0 Å². The second-order valence-corrected chi connectivity index (χ2v) is 10.2. The molecule has 28 heavy (non-hydrogen) atoms. The summed E-state index contributed by atoms with van der Waals surface area (Å²) >= 11 is 1.58. The van der Waals surface area contributed by atoms with Gasteiger partial charge < -0.3 is 10.2 Å². The summed E-state index contributed by atoms with van der Waals surface area (Å²) in [5.74, 6) is 2.86. The Balaban J connectivity index is 0.00000190. The van der Waals surface area contributed by atoms with E-state index in [4.69, 9.17) is 0 Å². The molecule has 0 radical (unpaired) electrons. The van der Waals surface area contributed by atoms with Gasteiger partial charge in [0.15, 0.2) is 0 Å². The SMILES string of the molecule is CC.CCSSCCNC(=O)C1CCN(C(=O)CSc2ccc(C)cc2)CC1. The van der Waals surface area contributed by atoms with Crippen molar-refractivity contribution in [3.8, 4) is 0 Å². The molecule has 1 aromatic rings. The number of aryl methyl sites for hydroxylation is 1. The molecule has 0 aliphatic carbocycles. The van der Waals surface area contributed by atoms with Gasteiger partial charge in [-0.15, -0.1) is 11.8 Å². The number of hydrogen-bond acceptors (Lipinski definition) is 5.